The van der Waals surface area contributed by atoms with Gasteiger partial charge in [0.1, 0.15) is 5.75 Å². The first kappa shape index (κ1) is 18.0. The van der Waals surface area contributed by atoms with Crippen molar-refractivity contribution in [2.24, 2.45) is 0 Å². The van der Waals surface area contributed by atoms with Crippen molar-refractivity contribution in [3.8, 4) is 5.75 Å². The second-order valence-corrected chi connectivity index (χ2v) is 6.36. The molecule has 138 valence electrons. The van der Waals surface area contributed by atoms with E-state index >= 15 is 0 Å². The predicted molar refractivity (Wildman–Crippen MR) is 97.1 cm³/mol. The Kier molecular flexibility index (Phi) is 5.94. The number of nitrogens with zero attached hydrogens (tertiary/aromatic N) is 2. The lowest BCUT2D eigenvalue weighted by molar-refractivity contribution is -0.131. The summed E-state index contributed by atoms with van der Waals surface area (Å²) in [6.07, 6.45) is 3.41. The first-order valence-corrected chi connectivity index (χ1v) is 8.91. The summed E-state index contributed by atoms with van der Waals surface area (Å²) in [6.45, 7) is 2.41. The number of methoxy groups -OCH3 is 1. The molecule has 1 saturated heterocycles. The summed E-state index contributed by atoms with van der Waals surface area (Å²) in [5.41, 5.74) is 1.09. The fourth-order valence-electron chi connectivity index (χ4n) is 3.16. The maximum atomic E-state index is 12.6. The van der Waals surface area contributed by atoms with Crippen molar-refractivity contribution in [3.63, 3.8) is 0 Å². The van der Waals surface area contributed by atoms with Crippen LogP contribution in [-0.4, -0.2) is 54.9 Å². The topological polar surface area (TPSA) is 63.0 Å². The zero-order valence-electron chi connectivity index (χ0n) is 15.0. The van der Waals surface area contributed by atoms with Crippen molar-refractivity contribution < 1.29 is 18.7 Å². The van der Waals surface area contributed by atoms with Crippen LogP contribution in [0.15, 0.2) is 47.1 Å². The van der Waals surface area contributed by atoms with E-state index in [4.69, 9.17) is 9.15 Å². The lowest BCUT2D eigenvalue weighted by Gasteiger charge is -2.21. The van der Waals surface area contributed by atoms with Crippen molar-refractivity contribution in [2.45, 2.75) is 19.3 Å². The zero-order valence-corrected chi connectivity index (χ0v) is 15.0. The van der Waals surface area contributed by atoms with Crippen LogP contribution >= 0.6 is 0 Å². The highest BCUT2D eigenvalue weighted by Crippen LogP contribution is 2.15. The number of ether oxygens (including phenoxy) is 1. The Morgan fingerprint density at radius 1 is 1.08 bits per heavy atom. The van der Waals surface area contributed by atoms with Crippen molar-refractivity contribution in [2.75, 3.05) is 33.3 Å². The van der Waals surface area contributed by atoms with Gasteiger partial charge < -0.3 is 19.0 Å². The highest BCUT2D eigenvalue weighted by Gasteiger charge is 2.23. The summed E-state index contributed by atoms with van der Waals surface area (Å²) in [5, 5.41) is 0. The average molecular weight is 356 g/mol. The van der Waals surface area contributed by atoms with E-state index in [1.165, 1.54) is 6.26 Å². The molecule has 0 aliphatic carbocycles. The molecule has 0 bridgehead atoms. The van der Waals surface area contributed by atoms with E-state index < -0.39 is 0 Å². The predicted octanol–water partition coefficient (Wildman–Crippen LogP) is 2.60. The van der Waals surface area contributed by atoms with Crippen LogP contribution in [0.1, 0.15) is 29.0 Å². The molecule has 2 aromatic rings. The number of aryl methyl sites for hydroxylation is 1. The Morgan fingerprint density at radius 3 is 2.65 bits per heavy atom. The molecule has 3 rings (SSSR count). The molecule has 0 radical (unpaired) electrons. The van der Waals surface area contributed by atoms with E-state index in [-0.39, 0.29) is 11.8 Å². The third-order valence-electron chi connectivity index (χ3n) is 4.63. The summed E-state index contributed by atoms with van der Waals surface area (Å²) >= 11 is 0. The van der Waals surface area contributed by atoms with E-state index in [0.29, 0.717) is 44.8 Å². The zero-order chi connectivity index (χ0) is 18.4. The molecule has 0 N–H and O–H groups in total. The molecule has 1 aliphatic heterocycles. The van der Waals surface area contributed by atoms with Crippen LogP contribution < -0.4 is 4.74 Å². The molecular weight excluding hydrogens is 332 g/mol. The van der Waals surface area contributed by atoms with Gasteiger partial charge >= 0.3 is 0 Å². The minimum absolute atomic E-state index is 0.110. The number of hydrogen-bond acceptors (Lipinski definition) is 4. The Bertz CT molecular complexity index is 742. The van der Waals surface area contributed by atoms with Gasteiger partial charge in [-0.05, 0) is 42.7 Å². The fourth-order valence-corrected chi connectivity index (χ4v) is 3.16. The van der Waals surface area contributed by atoms with Crippen molar-refractivity contribution in [1.29, 1.82) is 0 Å². The molecule has 2 amide bonds. The van der Waals surface area contributed by atoms with Crippen molar-refractivity contribution in [3.05, 3.63) is 54.0 Å². The van der Waals surface area contributed by atoms with Gasteiger partial charge in [0, 0.05) is 32.6 Å². The molecule has 6 nitrogen and oxygen atoms in total. The molecule has 1 aromatic heterocycles. The molecule has 6 heteroatoms. The Labute approximate surface area is 153 Å². The number of benzene rings is 1. The molecule has 26 heavy (non-hydrogen) atoms. The quantitative estimate of drug-likeness (QED) is 0.826. The molecule has 0 saturated carbocycles. The van der Waals surface area contributed by atoms with Gasteiger partial charge in [-0.2, -0.15) is 0 Å². The summed E-state index contributed by atoms with van der Waals surface area (Å²) in [4.78, 5) is 28.5. The van der Waals surface area contributed by atoms with E-state index in [0.717, 1.165) is 17.7 Å². The van der Waals surface area contributed by atoms with Crippen LogP contribution in [0, 0.1) is 0 Å². The minimum Gasteiger partial charge on any atom is -0.497 e. The number of furan rings is 1. The van der Waals surface area contributed by atoms with Crippen LogP contribution in [0.2, 0.25) is 0 Å². The molecule has 2 heterocycles. The first-order valence-electron chi connectivity index (χ1n) is 8.91. The van der Waals surface area contributed by atoms with Gasteiger partial charge in [-0.1, -0.05) is 12.1 Å². The van der Waals surface area contributed by atoms with Crippen LogP contribution in [0.3, 0.4) is 0 Å². The van der Waals surface area contributed by atoms with E-state index in [1.807, 2.05) is 29.2 Å². The summed E-state index contributed by atoms with van der Waals surface area (Å²) in [5.74, 6) is 1.17. The largest absolute Gasteiger partial charge is 0.497 e. The monoisotopic (exact) mass is 356 g/mol. The lowest BCUT2D eigenvalue weighted by Crippen LogP contribution is -2.37. The lowest BCUT2D eigenvalue weighted by atomic mass is 10.1. The Balaban J connectivity index is 1.51. The van der Waals surface area contributed by atoms with Crippen LogP contribution in [0.4, 0.5) is 0 Å². The summed E-state index contributed by atoms with van der Waals surface area (Å²) in [7, 11) is 1.64. The number of carbonyl (C=O) groups excluding carboxylic acids is 2. The maximum absolute atomic E-state index is 12.6. The van der Waals surface area contributed by atoms with Gasteiger partial charge in [-0.3, -0.25) is 9.59 Å². The summed E-state index contributed by atoms with van der Waals surface area (Å²) in [6, 6.07) is 11.2. The highest BCUT2D eigenvalue weighted by molar-refractivity contribution is 5.91. The van der Waals surface area contributed by atoms with Crippen LogP contribution in [-0.2, 0) is 11.2 Å². The van der Waals surface area contributed by atoms with Gasteiger partial charge in [0.2, 0.25) is 5.91 Å². The number of carbonyl (C=O) groups is 2. The standard InChI is InChI=1S/C20H24N2O4/c1-25-17-6-2-5-16(15-17)8-9-19(23)21-10-4-11-22(13-12-21)20(24)18-7-3-14-26-18/h2-3,5-7,14-15H,4,8-13H2,1H3. The smallest absolute Gasteiger partial charge is 0.289 e. The van der Waals surface area contributed by atoms with E-state index in [1.54, 1.807) is 24.1 Å². The van der Waals surface area contributed by atoms with Crippen LogP contribution in [0.25, 0.3) is 0 Å². The third-order valence-corrected chi connectivity index (χ3v) is 4.63. The molecule has 1 aliphatic rings. The Morgan fingerprint density at radius 2 is 1.88 bits per heavy atom. The molecule has 0 unspecified atom stereocenters. The van der Waals surface area contributed by atoms with E-state index in [2.05, 4.69) is 0 Å². The SMILES string of the molecule is COc1cccc(CCC(=O)N2CCCN(C(=O)c3ccco3)CC2)c1. The van der Waals surface area contributed by atoms with Crippen LogP contribution in [0.5, 0.6) is 5.75 Å². The van der Waals surface area contributed by atoms with Gasteiger partial charge in [-0.25, -0.2) is 0 Å². The second kappa shape index (κ2) is 8.56. The second-order valence-electron chi connectivity index (χ2n) is 6.36. The maximum Gasteiger partial charge on any atom is 0.289 e. The van der Waals surface area contributed by atoms with Crippen molar-refractivity contribution >= 4 is 11.8 Å². The van der Waals surface area contributed by atoms with Gasteiger partial charge in [-0.15, -0.1) is 0 Å². The molecule has 0 spiro atoms. The number of amides is 2. The molecule has 1 fully saturated rings. The van der Waals surface area contributed by atoms with Gasteiger partial charge in [0.25, 0.3) is 5.91 Å². The van der Waals surface area contributed by atoms with E-state index in [9.17, 15) is 9.59 Å². The fraction of sp³-hybridized carbons (Fsp3) is 0.400. The van der Waals surface area contributed by atoms with Gasteiger partial charge in [0.15, 0.2) is 5.76 Å². The number of rotatable bonds is 5. The highest BCUT2D eigenvalue weighted by atomic mass is 16.5. The molecule has 1 aromatic carbocycles. The third kappa shape index (κ3) is 4.45. The average Bonchev–Trinajstić information content (AvgIpc) is 3.10. The minimum atomic E-state index is -0.110. The molecular formula is C20H24N2O4. The molecule has 0 atom stereocenters. The first-order chi connectivity index (χ1) is 12.7. The number of hydrogen-bond donors (Lipinski definition) is 0. The summed E-state index contributed by atoms with van der Waals surface area (Å²) < 4.78 is 10.4. The van der Waals surface area contributed by atoms with Crippen molar-refractivity contribution in [1.82, 2.24) is 9.80 Å². The van der Waals surface area contributed by atoms with Gasteiger partial charge in [0.05, 0.1) is 13.4 Å². The Hall–Kier alpha value is -2.76. The normalized spacial score (nSPS) is 14.8.